The summed E-state index contributed by atoms with van der Waals surface area (Å²) < 4.78 is 1.58. The zero-order chi connectivity index (χ0) is 15.5. The van der Waals surface area contributed by atoms with Gasteiger partial charge in [-0.05, 0) is 12.1 Å². The largest absolute Gasteiger partial charge is 0.270 e. The van der Waals surface area contributed by atoms with Crippen molar-refractivity contribution in [3.8, 4) is 23.6 Å². The summed E-state index contributed by atoms with van der Waals surface area (Å²) in [5.41, 5.74) is 1.86. The summed E-state index contributed by atoms with van der Waals surface area (Å²) >= 11 is 1.35. The van der Waals surface area contributed by atoms with Crippen LogP contribution in [0.5, 0.6) is 0 Å². The van der Waals surface area contributed by atoms with E-state index in [1.807, 2.05) is 0 Å². The molecule has 108 valence electrons. The molecule has 0 bridgehead atoms. The van der Waals surface area contributed by atoms with Gasteiger partial charge in [-0.3, -0.25) is 10.1 Å². The van der Waals surface area contributed by atoms with Crippen molar-refractivity contribution in [2.45, 2.75) is 5.16 Å². The molecule has 0 unspecified atom stereocenters. The molecule has 0 fully saturated rings. The molecule has 3 aromatic rings. The number of hydrogen-bond donors (Lipinski definition) is 0. The minimum atomic E-state index is -0.436. The van der Waals surface area contributed by atoms with Gasteiger partial charge in [0.2, 0.25) is 5.16 Å². The third-order valence-corrected chi connectivity index (χ3v) is 3.70. The molecule has 0 aliphatic rings. The number of nitro benzene ring substituents is 1. The Labute approximate surface area is 129 Å². The first-order valence-electron chi connectivity index (χ1n) is 6.22. The molecule has 7 nitrogen and oxygen atoms in total. The summed E-state index contributed by atoms with van der Waals surface area (Å²) in [6.45, 7) is 0. The third kappa shape index (κ3) is 2.62. The zero-order valence-corrected chi connectivity index (χ0v) is 12.0. The van der Waals surface area contributed by atoms with E-state index in [2.05, 4.69) is 21.2 Å². The summed E-state index contributed by atoms with van der Waals surface area (Å²) in [5.74, 6) is 2.98. The summed E-state index contributed by atoms with van der Waals surface area (Å²) in [6.07, 6.45) is 5.24. The molecule has 0 spiro atoms. The fraction of sp³-hybridized carbons (Fsp3) is 0.0714. The van der Waals surface area contributed by atoms with E-state index in [-0.39, 0.29) is 5.69 Å². The first-order chi connectivity index (χ1) is 10.7. The molecule has 22 heavy (non-hydrogen) atoms. The van der Waals surface area contributed by atoms with Crippen molar-refractivity contribution in [3.63, 3.8) is 0 Å². The molecule has 0 amide bonds. The van der Waals surface area contributed by atoms with Gasteiger partial charge in [-0.2, -0.15) is 9.61 Å². The van der Waals surface area contributed by atoms with E-state index in [1.165, 1.54) is 23.9 Å². The molecule has 2 heterocycles. The Bertz CT molecular complexity index is 900. The second-order valence-corrected chi connectivity index (χ2v) is 5.21. The molecule has 3 rings (SSSR count). The molecule has 2 aromatic heterocycles. The van der Waals surface area contributed by atoms with Crippen LogP contribution in [-0.2, 0) is 0 Å². The van der Waals surface area contributed by atoms with E-state index in [1.54, 1.807) is 28.8 Å². The predicted molar refractivity (Wildman–Crippen MR) is 82.4 cm³/mol. The monoisotopic (exact) mass is 311 g/mol. The summed E-state index contributed by atoms with van der Waals surface area (Å²) in [6, 6.07) is 9.81. The van der Waals surface area contributed by atoms with Crippen LogP contribution in [0.25, 0.3) is 16.9 Å². The fourth-order valence-corrected chi connectivity index (χ4v) is 2.47. The molecular formula is C14H9N5O2S. The SMILES string of the molecule is C#CCSc1nnc2ccc(-c3cccc([N+](=O)[O-])c3)nn12. The topological polar surface area (TPSA) is 86.2 Å². The van der Waals surface area contributed by atoms with E-state index in [0.717, 1.165) is 0 Å². The normalized spacial score (nSPS) is 10.5. The van der Waals surface area contributed by atoms with Crippen LogP contribution in [0.3, 0.4) is 0 Å². The highest BCUT2D eigenvalue weighted by atomic mass is 32.2. The molecule has 0 atom stereocenters. The van der Waals surface area contributed by atoms with E-state index in [4.69, 9.17) is 6.42 Å². The maximum absolute atomic E-state index is 10.9. The van der Waals surface area contributed by atoms with Crippen molar-refractivity contribution in [2.75, 3.05) is 5.75 Å². The Kier molecular flexibility index (Phi) is 3.72. The minimum Gasteiger partial charge on any atom is -0.258 e. The van der Waals surface area contributed by atoms with Crippen LogP contribution in [0.4, 0.5) is 5.69 Å². The van der Waals surface area contributed by atoms with Gasteiger partial charge in [0, 0.05) is 17.7 Å². The molecule has 0 radical (unpaired) electrons. The van der Waals surface area contributed by atoms with Crippen molar-refractivity contribution in [1.82, 2.24) is 19.8 Å². The van der Waals surface area contributed by atoms with Crippen molar-refractivity contribution in [2.24, 2.45) is 0 Å². The quantitative estimate of drug-likeness (QED) is 0.318. The van der Waals surface area contributed by atoms with Gasteiger partial charge in [0.1, 0.15) is 0 Å². The summed E-state index contributed by atoms with van der Waals surface area (Å²) in [7, 11) is 0. The Hall–Kier alpha value is -2.92. The number of nitrogens with zero attached hydrogens (tertiary/aromatic N) is 5. The number of aromatic nitrogens is 4. The van der Waals surface area contributed by atoms with Crippen molar-refractivity contribution < 1.29 is 4.92 Å². The minimum absolute atomic E-state index is 0.0186. The highest BCUT2D eigenvalue weighted by Gasteiger charge is 2.11. The van der Waals surface area contributed by atoms with Crippen LogP contribution < -0.4 is 0 Å². The fourth-order valence-electron chi connectivity index (χ4n) is 1.90. The maximum Gasteiger partial charge on any atom is 0.270 e. The van der Waals surface area contributed by atoms with Gasteiger partial charge < -0.3 is 0 Å². The number of thioether (sulfide) groups is 1. The number of non-ortho nitro benzene ring substituents is 1. The lowest BCUT2D eigenvalue weighted by molar-refractivity contribution is -0.384. The predicted octanol–water partition coefficient (Wildman–Crippen LogP) is 2.42. The van der Waals surface area contributed by atoms with Gasteiger partial charge in [0.15, 0.2) is 5.65 Å². The molecule has 8 heteroatoms. The van der Waals surface area contributed by atoms with Crippen molar-refractivity contribution in [3.05, 3.63) is 46.5 Å². The van der Waals surface area contributed by atoms with Crippen LogP contribution in [0.1, 0.15) is 0 Å². The lowest BCUT2D eigenvalue weighted by atomic mass is 10.1. The van der Waals surface area contributed by atoms with Crippen LogP contribution >= 0.6 is 11.8 Å². The number of nitro groups is 1. The first-order valence-corrected chi connectivity index (χ1v) is 7.21. The van der Waals surface area contributed by atoms with Gasteiger partial charge in [-0.1, -0.05) is 29.8 Å². The molecule has 0 aliphatic heterocycles. The average molecular weight is 311 g/mol. The second kappa shape index (κ2) is 5.83. The highest BCUT2D eigenvalue weighted by molar-refractivity contribution is 7.99. The number of fused-ring (bicyclic) bond motifs is 1. The number of hydrogen-bond acceptors (Lipinski definition) is 6. The Morgan fingerprint density at radius 1 is 1.32 bits per heavy atom. The van der Waals surface area contributed by atoms with Crippen LogP contribution in [0, 0.1) is 22.5 Å². The van der Waals surface area contributed by atoms with E-state index < -0.39 is 4.92 Å². The Morgan fingerprint density at radius 3 is 2.95 bits per heavy atom. The average Bonchev–Trinajstić information content (AvgIpc) is 2.95. The molecule has 0 saturated carbocycles. The molecule has 0 N–H and O–H groups in total. The lowest BCUT2D eigenvalue weighted by Crippen LogP contribution is -1.97. The van der Waals surface area contributed by atoms with E-state index in [9.17, 15) is 10.1 Å². The van der Waals surface area contributed by atoms with Crippen LogP contribution in [0.2, 0.25) is 0 Å². The van der Waals surface area contributed by atoms with Gasteiger partial charge in [0.25, 0.3) is 5.69 Å². The number of benzene rings is 1. The molecule has 0 aliphatic carbocycles. The van der Waals surface area contributed by atoms with Crippen molar-refractivity contribution in [1.29, 1.82) is 0 Å². The molecule has 1 aromatic carbocycles. The summed E-state index contributed by atoms with van der Waals surface area (Å²) in [5, 5.41) is 23.9. The van der Waals surface area contributed by atoms with Gasteiger partial charge in [0.05, 0.1) is 16.4 Å². The Morgan fingerprint density at radius 2 is 2.18 bits per heavy atom. The van der Waals surface area contributed by atoms with Crippen LogP contribution in [-0.4, -0.2) is 30.5 Å². The van der Waals surface area contributed by atoms with Crippen LogP contribution in [0.15, 0.2) is 41.6 Å². The van der Waals surface area contributed by atoms with Gasteiger partial charge in [-0.15, -0.1) is 16.6 Å². The van der Waals surface area contributed by atoms with Gasteiger partial charge in [-0.25, -0.2) is 0 Å². The Balaban J connectivity index is 2.06. The van der Waals surface area contributed by atoms with Crippen molar-refractivity contribution >= 4 is 23.1 Å². The second-order valence-electron chi connectivity index (χ2n) is 4.27. The highest BCUT2D eigenvalue weighted by Crippen LogP contribution is 2.23. The van der Waals surface area contributed by atoms with E-state index in [0.29, 0.717) is 27.8 Å². The third-order valence-electron chi connectivity index (χ3n) is 2.87. The lowest BCUT2D eigenvalue weighted by Gasteiger charge is -2.02. The summed E-state index contributed by atoms with van der Waals surface area (Å²) in [4.78, 5) is 10.4. The number of terminal acetylenes is 1. The van der Waals surface area contributed by atoms with Gasteiger partial charge >= 0.3 is 0 Å². The van der Waals surface area contributed by atoms with E-state index >= 15 is 0 Å². The molecular weight excluding hydrogens is 302 g/mol. The zero-order valence-electron chi connectivity index (χ0n) is 11.2. The standard InChI is InChI=1S/C14H9N5O2S/c1-2-8-22-14-16-15-13-7-6-12(17-18(13)14)10-4-3-5-11(9-10)19(20)21/h1,3-7,9H,8H2. The maximum atomic E-state index is 10.9. The smallest absolute Gasteiger partial charge is 0.258 e. The molecule has 0 saturated heterocycles. The number of rotatable bonds is 4. The first kappa shape index (κ1) is 14.0.